The number of carbonyl (C=O) groups is 1. The maximum atomic E-state index is 11.6. The van der Waals surface area contributed by atoms with Crippen LogP contribution in [0.15, 0.2) is 24.3 Å². The highest BCUT2D eigenvalue weighted by molar-refractivity contribution is 6.62. The lowest BCUT2D eigenvalue weighted by atomic mass is 9.78. The molecule has 0 atom stereocenters. The predicted octanol–water partition coefficient (Wildman–Crippen LogP) is 2.20. The third-order valence-electron chi connectivity index (χ3n) is 4.26. The molecule has 1 fully saturated rings. The summed E-state index contributed by atoms with van der Waals surface area (Å²) in [5.74, 6) is 0.251. The molecule has 5 nitrogen and oxygen atoms in total. The van der Waals surface area contributed by atoms with Crippen LogP contribution in [-0.4, -0.2) is 29.2 Å². The molecular weight excluding hydrogens is 279 g/mol. The van der Waals surface area contributed by atoms with E-state index < -0.39 is 18.3 Å². The summed E-state index contributed by atoms with van der Waals surface area (Å²) in [6.45, 7) is 15.2. The second kappa shape index (κ2) is 5.52. The molecule has 0 radical (unpaired) electrons. The van der Waals surface area contributed by atoms with Crippen LogP contribution in [-0.2, 0) is 14.1 Å². The zero-order valence-electron chi connectivity index (χ0n) is 14.1. The van der Waals surface area contributed by atoms with E-state index >= 15 is 0 Å². The lowest BCUT2D eigenvalue weighted by Crippen LogP contribution is -2.41. The first-order valence-corrected chi connectivity index (χ1v) is 7.33. The van der Waals surface area contributed by atoms with Crippen LogP contribution in [0.25, 0.3) is 0 Å². The molecule has 2 rings (SSSR count). The number of rotatable bonds is 3. The Bertz CT molecular complexity index is 610. The van der Waals surface area contributed by atoms with Crippen LogP contribution < -0.4 is 10.8 Å². The summed E-state index contributed by atoms with van der Waals surface area (Å²) in [6, 6.07) is 3.62. The zero-order valence-corrected chi connectivity index (χ0v) is 14.1. The van der Waals surface area contributed by atoms with Crippen molar-refractivity contribution < 1.29 is 14.1 Å². The molecule has 0 unspecified atom stereocenters. The van der Waals surface area contributed by atoms with Crippen molar-refractivity contribution in [3.63, 3.8) is 0 Å². The van der Waals surface area contributed by atoms with Crippen LogP contribution in [0.1, 0.15) is 40.3 Å². The van der Waals surface area contributed by atoms with Crippen LogP contribution in [0.4, 0.5) is 5.82 Å². The summed E-state index contributed by atoms with van der Waals surface area (Å²) in [5, 5.41) is 2.70. The molecule has 0 spiro atoms. The quantitative estimate of drug-likeness (QED) is 0.687. The van der Waals surface area contributed by atoms with Crippen LogP contribution >= 0.6 is 0 Å². The van der Waals surface area contributed by atoms with E-state index in [9.17, 15) is 4.79 Å². The molecule has 1 aromatic heterocycles. The highest BCUT2D eigenvalue weighted by Gasteiger charge is 2.52. The van der Waals surface area contributed by atoms with Gasteiger partial charge in [0.05, 0.1) is 11.2 Å². The normalized spacial score (nSPS) is 19.1. The van der Waals surface area contributed by atoms with E-state index in [1.54, 1.807) is 13.0 Å². The number of anilines is 1. The molecule has 2 heterocycles. The number of carbonyl (C=O) groups excluding carboxylic acids is 1. The maximum Gasteiger partial charge on any atom is 0.496 e. The fourth-order valence-electron chi connectivity index (χ4n) is 2.08. The summed E-state index contributed by atoms with van der Waals surface area (Å²) in [4.78, 5) is 16.0. The molecule has 0 saturated carbocycles. The number of pyridine rings is 1. The Kier molecular flexibility index (Phi) is 4.19. The number of hydrogen-bond acceptors (Lipinski definition) is 4. The van der Waals surface area contributed by atoms with Gasteiger partial charge in [0, 0.05) is 16.7 Å². The lowest BCUT2D eigenvalue weighted by Gasteiger charge is -2.32. The third-order valence-corrected chi connectivity index (χ3v) is 4.26. The molecular formula is C16H23BN2O3. The van der Waals surface area contributed by atoms with Crippen molar-refractivity contribution in [3.05, 3.63) is 30.0 Å². The van der Waals surface area contributed by atoms with Crippen molar-refractivity contribution in [2.24, 2.45) is 0 Å². The molecule has 1 aromatic rings. The number of nitrogens with zero attached hydrogens (tertiary/aromatic N) is 1. The Labute approximate surface area is 132 Å². The van der Waals surface area contributed by atoms with Gasteiger partial charge in [0.15, 0.2) is 0 Å². The number of aromatic nitrogens is 1. The van der Waals surface area contributed by atoms with Gasteiger partial charge >= 0.3 is 7.12 Å². The Hall–Kier alpha value is -1.66. The maximum absolute atomic E-state index is 11.6. The third kappa shape index (κ3) is 3.08. The topological polar surface area (TPSA) is 60.5 Å². The number of aryl methyl sites for hydroxylation is 1. The smallest absolute Gasteiger partial charge is 0.399 e. The molecule has 1 aliphatic heterocycles. The SMILES string of the molecule is C=C(C)C(=O)Nc1ccc(B2OC(C)(C)C(C)(C)O2)c(C)n1. The molecule has 22 heavy (non-hydrogen) atoms. The first-order chi connectivity index (χ1) is 10.0. The molecule has 0 aromatic carbocycles. The van der Waals surface area contributed by atoms with Crippen LogP contribution in [0.2, 0.25) is 0 Å². The molecule has 6 heteroatoms. The van der Waals surface area contributed by atoms with Gasteiger partial charge in [0.2, 0.25) is 0 Å². The van der Waals surface area contributed by atoms with E-state index in [4.69, 9.17) is 9.31 Å². The number of hydrogen-bond donors (Lipinski definition) is 1. The summed E-state index contributed by atoms with van der Waals surface area (Å²) in [7, 11) is -0.455. The van der Waals surface area contributed by atoms with Crippen LogP contribution in [0.5, 0.6) is 0 Å². The summed E-state index contributed by atoms with van der Waals surface area (Å²) in [5.41, 5.74) is 1.29. The van der Waals surface area contributed by atoms with Gasteiger partial charge in [-0.1, -0.05) is 12.6 Å². The first-order valence-electron chi connectivity index (χ1n) is 7.33. The average Bonchev–Trinajstić information content (AvgIpc) is 2.58. The molecule has 0 aliphatic carbocycles. The largest absolute Gasteiger partial charge is 0.496 e. The van der Waals surface area contributed by atoms with Crippen molar-refractivity contribution in [2.45, 2.75) is 52.7 Å². The first kappa shape index (κ1) is 16.7. The zero-order chi connectivity index (χ0) is 16.7. The molecule has 1 amide bonds. The van der Waals surface area contributed by atoms with Crippen LogP contribution in [0.3, 0.4) is 0 Å². The van der Waals surface area contributed by atoms with Gasteiger partial charge < -0.3 is 14.6 Å². The second-order valence-electron chi connectivity index (χ2n) is 6.69. The standard InChI is InChI=1S/C16H23BN2O3/c1-10(2)14(20)19-13-9-8-12(11(3)18-13)17-21-15(4,5)16(6,7)22-17/h8-9H,1H2,2-7H3,(H,18,19,20). The Balaban J connectivity index is 2.21. The van der Waals surface area contributed by atoms with E-state index in [2.05, 4.69) is 16.9 Å². The van der Waals surface area contributed by atoms with Gasteiger partial charge in [-0.25, -0.2) is 4.98 Å². The van der Waals surface area contributed by atoms with E-state index in [0.717, 1.165) is 11.2 Å². The molecule has 1 saturated heterocycles. The van der Waals surface area contributed by atoms with Gasteiger partial charge in [-0.15, -0.1) is 0 Å². The van der Waals surface area contributed by atoms with E-state index in [1.165, 1.54) is 0 Å². The Morgan fingerprint density at radius 1 is 1.23 bits per heavy atom. The average molecular weight is 302 g/mol. The summed E-state index contributed by atoms with van der Waals surface area (Å²) in [6.07, 6.45) is 0. The summed E-state index contributed by atoms with van der Waals surface area (Å²) >= 11 is 0. The van der Waals surface area contributed by atoms with E-state index in [1.807, 2.05) is 40.7 Å². The fraction of sp³-hybridized carbons (Fsp3) is 0.500. The number of amides is 1. The molecule has 1 N–H and O–H groups in total. The highest BCUT2D eigenvalue weighted by Crippen LogP contribution is 2.36. The predicted molar refractivity (Wildman–Crippen MR) is 88.1 cm³/mol. The van der Waals surface area contributed by atoms with Crippen LogP contribution in [0, 0.1) is 6.92 Å². The van der Waals surface area contributed by atoms with Crippen molar-refractivity contribution >= 4 is 24.3 Å². The number of nitrogens with one attached hydrogen (secondary N) is 1. The van der Waals surface area contributed by atoms with Gasteiger partial charge in [0.25, 0.3) is 5.91 Å². The van der Waals surface area contributed by atoms with Gasteiger partial charge in [-0.3, -0.25) is 4.79 Å². The molecule has 1 aliphatic rings. The van der Waals surface area contributed by atoms with Gasteiger partial charge in [0.1, 0.15) is 5.82 Å². The van der Waals surface area contributed by atoms with E-state index in [-0.39, 0.29) is 5.91 Å². The second-order valence-corrected chi connectivity index (χ2v) is 6.69. The van der Waals surface area contributed by atoms with Crippen molar-refractivity contribution in [2.75, 3.05) is 5.32 Å². The monoisotopic (exact) mass is 302 g/mol. The van der Waals surface area contributed by atoms with Crippen molar-refractivity contribution in [3.8, 4) is 0 Å². The van der Waals surface area contributed by atoms with Crippen molar-refractivity contribution in [1.29, 1.82) is 0 Å². The minimum Gasteiger partial charge on any atom is -0.399 e. The molecule has 118 valence electrons. The summed E-state index contributed by atoms with van der Waals surface area (Å²) < 4.78 is 12.1. The van der Waals surface area contributed by atoms with Gasteiger partial charge in [-0.05, 0) is 47.6 Å². The Morgan fingerprint density at radius 3 is 2.23 bits per heavy atom. The van der Waals surface area contributed by atoms with Crippen molar-refractivity contribution in [1.82, 2.24) is 4.98 Å². The minimum atomic E-state index is -0.455. The lowest BCUT2D eigenvalue weighted by molar-refractivity contribution is -0.112. The van der Waals surface area contributed by atoms with Gasteiger partial charge in [-0.2, -0.15) is 0 Å². The molecule has 0 bridgehead atoms. The minimum absolute atomic E-state index is 0.240. The fourth-order valence-corrected chi connectivity index (χ4v) is 2.08. The highest BCUT2D eigenvalue weighted by atomic mass is 16.7. The Morgan fingerprint density at radius 2 is 1.77 bits per heavy atom. The van der Waals surface area contributed by atoms with E-state index in [0.29, 0.717) is 11.4 Å².